The van der Waals surface area contributed by atoms with Crippen LogP contribution in [0.1, 0.15) is 50.2 Å². The number of hydrogen-bond acceptors (Lipinski definition) is 5. The van der Waals surface area contributed by atoms with Crippen molar-refractivity contribution in [1.29, 1.82) is 0 Å². The van der Waals surface area contributed by atoms with Crippen LogP contribution in [0.15, 0.2) is 29.6 Å². The second-order valence-corrected chi connectivity index (χ2v) is 7.28. The van der Waals surface area contributed by atoms with E-state index in [0.717, 1.165) is 5.69 Å². The highest BCUT2D eigenvalue weighted by Gasteiger charge is 2.18. The average Bonchev–Trinajstić information content (AvgIpc) is 3.01. The van der Waals surface area contributed by atoms with Crippen LogP contribution in [0.25, 0.3) is 0 Å². The largest absolute Gasteiger partial charge is 0.484 e. The Morgan fingerprint density at radius 3 is 2.42 bits per heavy atom. The van der Waals surface area contributed by atoms with Crippen LogP contribution < -0.4 is 10.1 Å². The molecule has 0 aliphatic carbocycles. The summed E-state index contributed by atoms with van der Waals surface area (Å²) in [5, 5.41) is 5.24. The number of aromatic nitrogens is 1. The van der Waals surface area contributed by atoms with Gasteiger partial charge in [-0.1, -0.05) is 27.7 Å². The number of nitrogens with one attached hydrogen (secondary N) is 1. The SMILES string of the molecule is CCC(=O)c1ccc(OCC(=O)Nc2nc(C(C)(C)C)cs2)cc1. The van der Waals surface area contributed by atoms with Crippen LogP contribution >= 0.6 is 11.3 Å². The van der Waals surface area contributed by atoms with Gasteiger partial charge in [0.05, 0.1) is 5.69 Å². The number of hydrogen-bond donors (Lipinski definition) is 1. The standard InChI is InChI=1S/C18H22N2O3S/c1-5-14(21)12-6-8-13(9-7-12)23-10-16(22)20-17-19-15(11-24-17)18(2,3)4/h6-9,11H,5,10H2,1-4H3,(H,19,20,22). The molecule has 24 heavy (non-hydrogen) atoms. The first-order chi connectivity index (χ1) is 11.3. The molecule has 2 rings (SSSR count). The summed E-state index contributed by atoms with van der Waals surface area (Å²) in [5.74, 6) is 0.364. The number of ether oxygens (including phenoxy) is 1. The van der Waals surface area contributed by atoms with Crippen molar-refractivity contribution in [2.75, 3.05) is 11.9 Å². The highest BCUT2D eigenvalue weighted by Crippen LogP contribution is 2.26. The number of rotatable bonds is 6. The molecule has 0 aliphatic rings. The van der Waals surface area contributed by atoms with E-state index in [-0.39, 0.29) is 23.7 Å². The molecule has 0 saturated heterocycles. The number of anilines is 1. The van der Waals surface area contributed by atoms with E-state index in [4.69, 9.17) is 4.74 Å². The summed E-state index contributed by atoms with van der Waals surface area (Å²) >= 11 is 1.40. The molecule has 1 N–H and O–H groups in total. The zero-order chi connectivity index (χ0) is 17.7. The fourth-order valence-corrected chi connectivity index (χ4v) is 2.87. The number of benzene rings is 1. The third-order valence-electron chi connectivity index (χ3n) is 3.39. The third-order valence-corrected chi connectivity index (χ3v) is 4.14. The van der Waals surface area contributed by atoms with Gasteiger partial charge in [0.15, 0.2) is 17.5 Å². The lowest BCUT2D eigenvalue weighted by molar-refractivity contribution is -0.118. The van der Waals surface area contributed by atoms with Crippen molar-refractivity contribution in [2.45, 2.75) is 39.5 Å². The Morgan fingerprint density at radius 2 is 1.88 bits per heavy atom. The molecule has 0 spiro atoms. The molecular weight excluding hydrogens is 324 g/mol. The highest BCUT2D eigenvalue weighted by molar-refractivity contribution is 7.13. The Labute approximate surface area is 146 Å². The van der Waals surface area contributed by atoms with E-state index >= 15 is 0 Å². The molecule has 0 radical (unpaired) electrons. The van der Waals surface area contributed by atoms with E-state index in [1.807, 2.05) is 12.3 Å². The van der Waals surface area contributed by atoms with E-state index in [2.05, 4.69) is 31.1 Å². The number of thiazole rings is 1. The average molecular weight is 346 g/mol. The molecule has 0 bridgehead atoms. The van der Waals surface area contributed by atoms with Gasteiger partial charge < -0.3 is 4.74 Å². The lowest BCUT2D eigenvalue weighted by Crippen LogP contribution is -2.20. The van der Waals surface area contributed by atoms with E-state index in [1.165, 1.54) is 11.3 Å². The van der Waals surface area contributed by atoms with Crippen LogP contribution in [0.5, 0.6) is 5.75 Å². The van der Waals surface area contributed by atoms with Crippen LogP contribution in [-0.2, 0) is 10.2 Å². The minimum atomic E-state index is -0.265. The van der Waals surface area contributed by atoms with Gasteiger partial charge >= 0.3 is 0 Å². The van der Waals surface area contributed by atoms with Crippen LogP contribution in [0.2, 0.25) is 0 Å². The van der Waals surface area contributed by atoms with Crippen molar-refractivity contribution in [1.82, 2.24) is 4.98 Å². The number of amides is 1. The summed E-state index contributed by atoms with van der Waals surface area (Å²) in [4.78, 5) is 27.9. The first-order valence-electron chi connectivity index (χ1n) is 7.81. The molecule has 1 amide bonds. The molecule has 2 aromatic rings. The minimum Gasteiger partial charge on any atom is -0.484 e. The zero-order valence-electron chi connectivity index (χ0n) is 14.4. The normalized spacial score (nSPS) is 11.2. The molecular formula is C18H22N2O3S. The first kappa shape index (κ1) is 18.1. The van der Waals surface area contributed by atoms with Gasteiger partial charge in [-0.15, -0.1) is 11.3 Å². The smallest absolute Gasteiger partial charge is 0.264 e. The molecule has 128 valence electrons. The maximum atomic E-state index is 11.9. The lowest BCUT2D eigenvalue weighted by atomic mass is 9.93. The Kier molecular flexibility index (Phi) is 5.72. The molecule has 0 saturated carbocycles. The third kappa shape index (κ3) is 4.89. The molecule has 1 aromatic carbocycles. The minimum absolute atomic E-state index is 0.0480. The van der Waals surface area contributed by atoms with Gasteiger partial charge in [0.2, 0.25) is 0 Å². The number of nitrogens with zero attached hydrogens (tertiary/aromatic N) is 1. The summed E-state index contributed by atoms with van der Waals surface area (Å²) in [6.07, 6.45) is 0.465. The van der Waals surface area contributed by atoms with Gasteiger partial charge in [0.25, 0.3) is 5.91 Å². The monoisotopic (exact) mass is 346 g/mol. The summed E-state index contributed by atoms with van der Waals surface area (Å²) in [6.45, 7) is 7.93. The number of carbonyl (C=O) groups excluding carboxylic acids is 2. The van der Waals surface area contributed by atoms with Gasteiger partial charge in [-0.05, 0) is 24.3 Å². The van der Waals surface area contributed by atoms with E-state index in [9.17, 15) is 9.59 Å². The number of ketones is 1. The van der Waals surface area contributed by atoms with Crippen LogP contribution in [-0.4, -0.2) is 23.3 Å². The van der Waals surface area contributed by atoms with Crippen LogP contribution in [0.3, 0.4) is 0 Å². The molecule has 0 unspecified atom stereocenters. The summed E-state index contributed by atoms with van der Waals surface area (Å²) in [5.41, 5.74) is 1.54. The van der Waals surface area contributed by atoms with E-state index in [1.54, 1.807) is 24.3 Å². The Balaban J connectivity index is 1.87. The Hall–Kier alpha value is -2.21. The second kappa shape index (κ2) is 7.57. The second-order valence-electron chi connectivity index (χ2n) is 6.43. The van der Waals surface area contributed by atoms with Gasteiger partial charge in [-0.2, -0.15) is 0 Å². The first-order valence-corrected chi connectivity index (χ1v) is 8.69. The van der Waals surface area contributed by atoms with Gasteiger partial charge in [-0.25, -0.2) is 4.98 Å². The predicted molar refractivity (Wildman–Crippen MR) is 96.0 cm³/mol. The molecule has 0 fully saturated rings. The Morgan fingerprint density at radius 1 is 1.21 bits per heavy atom. The van der Waals surface area contributed by atoms with Crippen molar-refractivity contribution in [2.24, 2.45) is 0 Å². The van der Waals surface area contributed by atoms with Crippen molar-refractivity contribution >= 4 is 28.2 Å². The van der Waals surface area contributed by atoms with E-state index < -0.39 is 0 Å². The zero-order valence-corrected chi connectivity index (χ0v) is 15.2. The van der Waals surface area contributed by atoms with E-state index in [0.29, 0.717) is 22.9 Å². The lowest BCUT2D eigenvalue weighted by Gasteiger charge is -2.14. The van der Waals surface area contributed by atoms with Crippen molar-refractivity contribution < 1.29 is 14.3 Å². The number of Topliss-reactive ketones (excluding diaryl/α,β-unsaturated/α-hetero) is 1. The van der Waals surface area contributed by atoms with Gasteiger partial charge in [0.1, 0.15) is 5.75 Å². The molecule has 1 aromatic heterocycles. The quantitative estimate of drug-likeness (QED) is 0.801. The summed E-state index contributed by atoms with van der Waals surface area (Å²) in [6, 6.07) is 6.79. The molecule has 0 atom stereocenters. The van der Waals surface area contributed by atoms with Crippen molar-refractivity contribution in [3.8, 4) is 5.75 Å². The Bertz CT molecular complexity index is 715. The van der Waals surface area contributed by atoms with Crippen LogP contribution in [0.4, 0.5) is 5.13 Å². The molecule has 1 heterocycles. The number of carbonyl (C=O) groups is 2. The van der Waals surface area contributed by atoms with Gasteiger partial charge in [0, 0.05) is 22.8 Å². The maximum Gasteiger partial charge on any atom is 0.264 e. The molecule has 0 aliphatic heterocycles. The predicted octanol–water partition coefficient (Wildman–Crippen LogP) is 4.05. The summed E-state index contributed by atoms with van der Waals surface area (Å²) in [7, 11) is 0. The maximum absolute atomic E-state index is 11.9. The fraction of sp³-hybridized carbons (Fsp3) is 0.389. The highest BCUT2D eigenvalue weighted by atomic mass is 32.1. The molecule has 5 nitrogen and oxygen atoms in total. The van der Waals surface area contributed by atoms with Crippen LogP contribution in [0, 0.1) is 0 Å². The van der Waals surface area contributed by atoms with Crippen molar-refractivity contribution in [3.05, 3.63) is 40.9 Å². The molecule has 6 heteroatoms. The van der Waals surface area contributed by atoms with Crippen molar-refractivity contribution in [3.63, 3.8) is 0 Å². The topological polar surface area (TPSA) is 68.3 Å². The fourth-order valence-electron chi connectivity index (χ4n) is 1.92. The van der Waals surface area contributed by atoms with Gasteiger partial charge in [-0.3, -0.25) is 14.9 Å². The summed E-state index contributed by atoms with van der Waals surface area (Å²) < 4.78 is 5.44.